The van der Waals surface area contributed by atoms with E-state index < -0.39 is 30.4 Å². The maximum atomic E-state index is 13.3. The average molecular weight is 849 g/mol. The molecule has 0 aromatic heterocycles. The Hall–Kier alpha value is -6.09. The number of amides is 4. The van der Waals surface area contributed by atoms with E-state index in [4.69, 9.17) is 40.7 Å². The second kappa shape index (κ2) is 25.5. The Morgan fingerprint density at radius 3 is 2.03 bits per heavy atom. The maximum Gasteiger partial charge on any atom is 0.326 e. The summed E-state index contributed by atoms with van der Waals surface area (Å²) in [6, 6.07) is 19.4. The molecule has 0 bridgehead atoms. The van der Waals surface area contributed by atoms with Crippen molar-refractivity contribution in [3.05, 3.63) is 95.1 Å². The number of rotatable bonds is 26. The number of hydrazine groups is 1. The molecule has 1 aliphatic heterocycles. The number of fused-ring (bicyclic) bond motifs is 2. The molecular formula is C42H56N8O11. The number of carboxylic acid groups (broad SMARTS) is 2. The number of aliphatic carboxylic acids is 2. The zero-order valence-electron chi connectivity index (χ0n) is 34.2. The lowest BCUT2D eigenvalue weighted by atomic mass is 9.95. The quantitative estimate of drug-likeness (QED) is 0.0326. The summed E-state index contributed by atoms with van der Waals surface area (Å²) in [5, 5.41) is 29.8. The van der Waals surface area contributed by atoms with Crippen LogP contribution < -0.4 is 37.7 Å². The molecule has 3 aromatic carbocycles. The van der Waals surface area contributed by atoms with Gasteiger partial charge in [-0.2, -0.15) is 0 Å². The summed E-state index contributed by atoms with van der Waals surface area (Å²) in [6.45, 7) is 4.15. The van der Waals surface area contributed by atoms with Crippen LogP contribution in [0.5, 0.6) is 0 Å². The van der Waals surface area contributed by atoms with E-state index in [1.807, 2.05) is 55.6 Å². The van der Waals surface area contributed by atoms with Gasteiger partial charge < -0.3 is 66.1 Å². The van der Waals surface area contributed by atoms with Gasteiger partial charge in [0.1, 0.15) is 6.04 Å². The summed E-state index contributed by atoms with van der Waals surface area (Å²) in [5.74, 6) is 3.59. The van der Waals surface area contributed by atoms with Gasteiger partial charge in [0.05, 0.1) is 89.4 Å². The van der Waals surface area contributed by atoms with Gasteiger partial charge in [-0.3, -0.25) is 14.4 Å². The van der Waals surface area contributed by atoms with Crippen LogP contribution in [0.2, 0.25) is 0 Å². The van der Waals surface area contributed by atoms with Crippen LogP contribution in [0.4, 0.5) is 16.2 Å². The maximum absolute atomic E-state index is 13.3. The van der Waals surface area contributed by atoms with Gasteiger partial charge in [-0.25, -0.2) is 15.4 Å². The second-order valence-electron chi connectivity index (χ2n) is 13.7. The molecule has 1 aliphatic rings. The Labute approximate surface area is 354 Å². The van der Waals surface area contributed by atoms with E-state index in [2.05, 4.69) is 21.3 Å². The van der Waals surface area contributed by atoms with Crippen molar-refractivity contribution >= 4 is 52.6 Å². The Balaban J connectivity index is 1.05. The number of ether oxygens (including phenoxy) is 4. The van der Waals surface area contributed by atoms with Crippen LogP contribution in [0.3, 0.4) is 0 Å². The van der Waals surface area contributed by atoms with Crippen molar-refractivity contribution in [2.24, 2.45) is 11.6 Å². The summed E-state index contributed by atoms with van der Waals surface area (Å²) < 4.78 is 22.4. The zero-order chi connectivity index (χ0) is 44.0. The first-order valence-electron chi connectivity index (χ1n) is 19.8. The van der Waals surface area contributed by atoms with Gasteiger partial charge in [-0.1, -0.05) is 54.6 Å². The SMILES string of the molecule is CNCCC(=O)N1Cc2ccccc2/C(N(N)CCOCCOCCOCCOCCC(=O)NCc2ccc(NC(=O)NC(CC(=O)O)C(=O)O)cc2)=C(/N)c2ccccc21. The highest BCUT2D eigenvalue weighted by Gasteiger charge is 2.28. The largest absolute Gasteiger partial charge is 0.481 e. The third-order valence-corrected chi connectivity index (χ3v) is 9.27. The fraction of sp³-hybridized carbons (Fsp3) is 0.405. The zero-order valence-corrected chi connectivity index (χ0v) is 34.2. The van der Waals surface area contributed by atoms with Crippen LogP contribution in [0, 0.1) is 0 Å². The molecule has 61 heavy (non-hydrogen) atoms. The first kappa shape index (κ1) is 47.6. The van der Waals surface area contributed by atoms with Gasteiger partial charge in [-0.15, -0.1) is 0 Å². The average Bonchev–Trinajstić information content (AvgIpc) is 3.24. The third kappa shape index (κ3) is 15.8. The lowest BCUT2D eigenvalue weighted by Gasteiger charge is -2.33. The number of nitrogens with one attached hydrogen (secondary N) is 4. The van der Waals surface area contributed by atoms with Gasteiger partial charge in [0.2, 0.25) is 11.8 Å². The molecule has 0 saturated carbocycles. The molecule has 0 spiro atoms. The van der Waals surface area contributed by atoms with Crippen LogP contribution in [0.25, 0.3) is 11.4 Å². The van der Waals surface area contributed by atoms with Gasteiger partial charge in [0, 0.05) is 42.7 Å². The molecule has 19 nitrogen and oxygen atoms in total. The van der Waals surface area contributed by atoms with Crippen molar-refractivity contribution in [1.29, 1.82) is 0 Å². The number of nitrogens with zero attached hydrogens (tertiary/aromatic N) is 2. The summed E-state index contributed by atoms with van der Waals surface area (Å²) >= 11 is 0. The molecule has 0 saturated heterocycles. The normalized spacial score (nSPS) is 13.8. The Bertz CT molecular complexity index is 1950. The lowest BCUT2D eigenvalue weighted by molar-refractivity contribution is -0.145. The molecule has 0 fully saturated rings. The minimum atomic E-state index is -1.58. The molecule has 4 rings (SSSR count). The number of para-hydroxylation sites is 1. The van der Waals surface area contributed by atoms with Crippen LogP contribution >= 0.6 is 0 Å². The topological polar surface area (TPSA) is 269 Å². The second-order valence-corrected chi connectivity index (χ2v) is 13.7. The third-order valence-electron chi connectivity index (χ3n) is 9.27. The number of carbonyl (C=O) groups is 5. The fourth-order valence-corrected chi connectivity index (χ4v) is 6.15. The van der Waals surface area contributed by atoms with Gasteiger partial charge in [0.15, 0.2) is 0 Å². The van der Waals surface area contributed by atoms with Crippen LogP contribution in [-0.2, 0) is 51.2 Å². The minimum Gasteiger partial charge on any atom is -0.481 e. The molecule has 1 unspecified atom stereocenters. The van der Waals surface area contributed by atoms with Crippen LogP contribution in [0.1, 0.15) is 41.5 Å². The van der Waals surface area contributed by atoms with Gasteiger partial charge in [-0.05, 0) is 36.4 Å². The molecule has 19 heteroatoms. The molecule has 10 N–H and O–H groups in total. The molecular weight excluding hydrogens is 793 g/mol. The van der Waals surface area contributed by atoms with E-state index in [1.165, 1.54) is 0 Å². The van der Waals surface area contributed by atoms with Crippen molar-refractivity contribution in [3.63, 3.8) is 0 Å². The summed E-state index contributed by atoms with van der Waals surface area (Å²) in [4.78, 5) is 61.3. The van der Waals surface area contributed by atoms with E-state index in [9.17, 15) is 24.0 Å². The number of nitrogens with two attached hydrogens (primary N) is 2. The van der Waals surface area contributed by atoms with E-state index in [1.54, 1.807) is 34.2 Å². The van der Waals surface area contributed by atoms with Crippen molar-refractivity contribution in [3.8, 4) is 0 Å². The number of benzene rings is 3. The molecule has 1 atom stereocenters. The number of hydrogen-bond donors (Lipinski definition) is 8. The first-order valence-corrected chi connectivity index (χ1v) is 19.8. The Kier molecular flexibility index (Phi) is 19.9. The fourth-order valence-electron chi connectivity index (χ4n) is 6.15. The molecule has 0 radical (unpaired) electrons. The van der Waals surface area contributed by atoms with Crippen LogP contribution in [-0.4, -0.2) is 124 Å². The van der Waals surface area contributed by atoms with Crippen LogP contribution in [0.15, 0.2) is 72.8 Å². The summed E-state index contributed by atoms with van der Waals surface area (Å²) in [5.41, 5.74) is 12.3. The molecule has 3 aromatic rings. The standard InChI is InChI=1S/C42H56N8O11/c1-45-16-14-37(52)49-28-30-6-2-3-7-32(30)40(39(43)33-8-4-5-9-35(33)49)50(44)17-19-59-21-23-61-25-24-60-22-20-58-18-15-36(51)46-27-29-10-12-31(13-11-29)47-42(57)48-34(41(55)56)26-38(53)54/h2-13,34,45H,14-28,43-44H2,1H3,(H,46,51)(H,53,54)(H,55,56)(H2,47,48,57)/b40-39-. The number of anilines is 2. The molecule has 1 heterocycles. The van der Waals surface area contributed by atoms with E-state index in [0.717, 1.165) is 27.9 Å². The van der Waals surface area contributed by atoms with Gasteiger partial charge in [0.25, 0.3) is 0 Å². The molecule has 0 aliphatic carbocycles. The first-order chi connectivity index (χ1) is 29.5. The highest BCUT2D eigenvalue weighted by Crippen LogP contribution is 2.36. The van der Waals surface area contributed by atoms with E-state index in [0.29, 0.717) is 89.4 Å². The number of urea groups is 1. The minimum absolute atomic E-state index is 0.00740. The summed E-state index contributed by atoms with van der Waals surface area (Å²) in [7, 11) is 1.82. The van der Waals surface area contributed by atoms with Gasteiger partial charge >= 0.3 is 18.0 Å². The van der Waals surface area contributed by atoms with E-state index in [-0.39, 0.29) is 31.4 Å². The predicted molar refractivity (Wildman–Crippen MR) is 227 cm³/mol. The van der Waals surface area contributed by atoms with Crippen molar-refractivity contribution in [2.45, 2.75) is 38.4 Å². The monoisotopic (exact) mass is 848 g/mol. The van der Waals surface area contributed by atoms with E-state index >= 15 is 0 Å². The Morgan fingerprint density at radius 2 is 1.39 bits per heavy atom. The van der Waals surface area contributed by atoms with Crippen molar-refractivity contribution in [1.82, 2.24) is 21.0 Å². The number of carbonyl (C=O) groups excluding carboxylic acids is 3. The number of hydrogen-bond acceptors (Lipinski definition) is 13. The lowest BCUT2D eigenvalue weighted by Crippen LogP contribution is -2.44. The summed E-state index contributed by atoms with van der Waals surface area (Å²) in [6.07, 6.45) is -0.267. The predicted octanol–water partition coefficient (Wildman–Crippen LogP) is 1.93. The molecule has 330 valence electrons. The van der Waals surface area contributed by atoms with Crippen molar-refractivity contribution < 1.29 is 53.1 Å². The Morgan fingerprint density at radius 1 is 0.787 bits per heavy atom. The highest BCUT2D eigenvalue weighted by atomic mass is 16.6. The highest BCUT2D eigenvalue weighted by molar-refractivity contribution is 6.01. The smallest absolute Gasteiger partial charge is 0.326 e. The number of carboxylic acids is 2. The van der Waals surface area contributed by atoms with Crippen molar-refractivity contribution in [2.75, 3.05) is 83.2 Å². The molecule has 4 amide bonds.